The second-order valence-electron chi connectivity index (χ2n) is 4.25. The SMILES string of the molecule is CCCc1ccc(-c2cc(C(=O)O)nc(N)n2)cc1. The number of nitrogens with two attached hydrogens (primary N) is 1. The van der Waals surface area contributed by atoms with Crippen LogP contribution in [0.3, 0.4) is 0 Å². The van der Waals surface area contributed by atoms with Gasteiger partial charge in [0, 0.05) is 5.56 Å². The quantitative estimate of drug-likeness (QED) is 0.877. The molecule has 0 bridgehead atoms. The minimum absolute atomic E-state index is 0.0347. The van der Waals surface area contributed by atoms with E-state index in [4.69, 9.17) is 10.8 Å². The molecule has 0 amide bonds. The molecule has 0 spiro atoms. The number of hydrogen-bond acceptors (Lipinski definition) is 4. The van der Waals surface area contributed by atoms with E-state index in [1.807, 2.05) is 24.3 Å². The summed E-state index contributed by atoms with van der Waals surface area (Å²) in [5.41, 5.74) is 8.02. The molecular weight excluding hydrogens is 242 g/mol. The standard InChI is InChI=1S/C14H15N3O2/c1-2-3-9-4-6-10(7-5-9)11-8-12(13(18)19)17-14(15)16-11/h4-8H,2-3H2,1H3,(H,18,19)(H2,15,16,17). The zero-order valence-electron chi connectivity index (χ0n) is 10.6. The zero-order valence-corrected chi connectivity index (χ0v) is 10.6. The van der Waals surface area contributed by atoms with Crippen molar-refractivity contribution in [3.8, 4) is 11.3 Å². The van der Waals surface area contributed by atoms with Crippen LogP contribution in [0.15, 0.2) is 30.3 Å². The van der Waals surface area contributed by atoms with E-state index in [0.717, 1.165) is 18.4 Å². The van der Waals surface area contributed by atoms with Crippen LogP contribution in [0.25, 0.3) is 11.3 Å². The third-order valence-electron chi connectivity index (χ3n) is 2.75. The summed E-state index contributed by atoms with van der Waals surface area (Å²) in [5, 5.41) is 8.95. The number of anilines is 1. The second kappa shape index (κ2) is 5.48. The Morgan fingerprint density at radius 3 is 2.53 bits per heavy atom. The van der Waals surface area contributed by atoms with Crippen LogP contribution in [0.5, 0.6) is 0 Å². The first-order valence-electron chi connectivity index (χ1n) is 6.07. The Labute approximate surface area is 111 Å². The maximum absolute atomic E-state index is 10.9. The molecule has 0 saturated heterocycles. The highest BCUT2D eigenvalue weighted by Crippen LogP contribution is 2.19. The minimum atomic E-state index is -1.11. The van der Waals surface area contributed by atoms with Crippen molar-refractivity contribution in [1.82, 2.24) is 9.97 Å². The monoisotopic (exact) mass is 257 g/mol. The lowest BCUT2D eigenvalue weighted by Gasteiger charge is -2.05. The number of aryl methyl sites for hydroxylation is 1. The number of benzene rings is 1. The van der Waals surface area contributed by atoms with Crippen molar-refractivity contribution < 1.29 is 9.90 Å². The molecule has 1 aromatic carbocycles. The number of nitrogen functional groups attached to an aromatic ring is 1. The topological polar surface area (TPSA) is 89.1 Å². The van der Waals surface area contributed by atoms with Crippen molar-refractivity contribution in [3.63, 3.8) is 0 Å². The van der Waals surface area contributed by atoms with Gasteiger partial charge in [-0.3, -0.25) is 0 Å². The van der Waals surface area contributed by atoms with E-state index >= 15 is 0 Å². The summed E-state index contributed by atoms with van der Waals surface area (Å²) in [5.74, 6) is -1.15. The molecule has 0 saturated carbocycles. The Bertz CT molecular complexity index is 594. The number of carbonyl (C=O) groups is 1. The van der Waals surface area contributed by atoms with E-state index in [2.05, 4.69) is 16.9 Å². The van der Waals surface area contributed by atoms with Gasteiger partial charge in [-0.15, -0.1) is 0 Å². The Hall–Kier alpha value is -2.43. The molecule has 0 radical (unpaired) electrons. The number of nitrogens with zero attached hydrogens (tertiary/aromatic N) is 2. The molecule has 5 heteroatoms. The number of hydrogen-bond donors (Lipinski definition) is 2. The number of rotatable bonds is 4. The lowest BCUT2D eigenvalue weighted by molar-refractivity contribution is 0.0690. The predicted molar refractivity (Wildman–Crippen MR) is 72.8 cm³/mol. The first-order valence-corrected chi connectivity index (χ1v) is 6.07. The fourth-order valence-electron chi connectivity index (χ4n) is 1.85. The van der Waals surface area contributed by atoms with Crippen LogP contribution in [0.1, 0.15) is 29.4 Å². The average molecular weight is 257 g/mol. The van der Waals surface area contributed by atoms with Gasteiger partial charge in [-0.05, 0) is 18.1 Å². The highest BCUT2D eigenvalue weighted by atomic mass is 16.4. The number of carboxylic acid groups (broad SMARTS) is 1. The van der Waals surface area contributed by atoms with Crippen molar-refractivity contribution in [2.24, 2.45) is 0 Å². The average Bonchev–Trinajstić information content (AvgIpc) is 2.39. The molecular formula is C14H15N3O2. The van der Waals surface area contributed by atoms with E-state index in [0.29, 0.717) is 5.69 Å². The van der Waals surface area contributed by atoms with Crippen molar-refractivity contribution in [2.45, 2.75) is 19.8 Å². The number of aromatic carboxylic acids is 1. The lowest BCUT2D eigenvalue weighted by Crippen LogP contribution is -2.06. The van der Waals surface area contributed by atoms with E-state index in [-0.39, 0.29) is 11.6 Å². The summed E-state index contributed by atoms with van der Waals surface area (Å²) < 4.78 is 0. The van der Waals surface area contributed by atoms with Crippen LogP contribution in [-0.4, -0.2) is 21.0 Å². The van der Waals surface area contributed by atoms with Crippen LogP contribution < -0.4 is 5.73 Å². The number of carboxylic acids is 1. The highest BCUT2D eigenvalue weighted by Gasteiger charge is 2.10. The molecule has 2 aromatic rings. The molecule has 1 aromatic heterocycles. The van der Waals surface area contributed by atoms with Crippen molar-refractivity contribution >= 4 is 11.9 Å². The third-order valence-corrected chi connectivity index (χ3v) is 2.75. The van der Waals surface area contributed by atoms with Gasteiger partial charge in [0.1, 0.15) is 0 Å². The Morgan fingerprint density at radius 2 is 1.95 bits per heavy atom. The van der Waals surface area contributed by atoms with Gasteiger partial charge in [0.25, 0.3) is 0 Å². The highest BCUT2D eigenvalue weighted by molar-refractivity contribution is 5.87. The molecule has 98 valence electrons. The first kappa shape index (κ1) is 13.0. The fourth-order valence-corrected chi connectivity index (χ4v) is 1.85. The molecule has 19 heavy (non-hydrogen) atoms. The smallest absolute Gasteiger partial charge is 0.354 e. The van der Waals surface area contributed by atoms with Crippen LogP contribution in [0.4, 0.5) is 5.95 Å². The molecule has 0 atom stereocenters. The molecule has 3 N–H and O–H groups in total. The van der Waals surface area contributed by atoms with Crippen LogP contribution in [-0.2, 0) is 6.42 Å². The summed E-state index contributed by atoms with van der Waals surface area (Å²) in [6.45, 7) is 2.12. The fraction of sp³-hybridized carbons (Fsp3) is 0.214. The van der Waals surface area contributed by atoms with Gasteiger partial charge in [-0.2, -0.15) is 0 Å². The van der Waals surface area contributed by atoms with Crippen LogP contribution >= 0.6 is 0 Å². The van der Waals surface area contributed by atoms with Gasteiger partial charge in [0.05, 0.1) is 5.69 Å². The van der Waals surface area contributed by atoms with Gasteiger partial charge in [0.15, 0.2) is 5.69 Å². The molecule has 0 aliphatic carbocycles. The molecule has 1 heterocycles. The van der Waals surface area contributed by atoms with E-state index in [9.17, 15) is 4.79 Å². The molecule has 0 fully saturated rings. The maximum atomic E-state index is 10.9. The van der Waals surface area contributed by atoms with Gasteiger partial charge in [0.2, 0.25) is 5.95 Å². The van der Waals surface area contributed by atoms with Gasteiger partial charge in [-0.25, -0.2) is 14.8 Å². The molecule has 5 nitrogen and oxygen atoms in total. The van der Waals surface area contributed by atoms with Crippen molar-refractivity contribution in [1.29, 1.82) is 0 Å². The van der Waals surface area contributed by atoms with Gasteiger partial charge < -0.3 is 10.8 Å². The van der Waals surface area contributed by atoms with Crippen LogP contribution in [0, 0.1) is 0 Å². The van der Waals surface area contributed by atoms with E-state index in [1.165, 1.54) is 11.6 Å². The molecule has 2 rings (SSSR count). The Kier molecular flexibility index (Phi) is 3.75. The first-order chi connectivity index (χ1) is 9.10. The van der Waals surface area contributed by atoms with Gasteiger partial charge >= 0.3 is 5.97 Å². The molecule has 0 unspecified atom stereocenters. The lowest BCUT2D eigenvalue weighted by atomic mass is 10.1. The zero-order chi connectivity index (χ0) is 13.8. The molecule has 0 aliphatic heterocycles. The normalized spacial score (nSPS) is 10.4. The van der Waals surface area contributed by atoms with Crippen LogP contribution in [0.2, 0.25) is 0 Å². The summed E-state index contributed by atoms with van der Waals surface area (Å²) in [4.78, 5) is 18.7. The summed E-state index contributed by atoms with van der Waals surface area (Å²) in [6, 6.07) is 9.28. The van der Waals surface area contributed by atoms with Gasteiger partial charge in [-0.1, -0.05) is 37.6 Å². The summed E-state index contributed by atoms with van der Waals surface area (Å²) in [6.07, 6.45) is 2.11. The largest absolute Gasteiger partial charge is 0.477 e. The molecule has 0 aliphatic rings. The Balaban J connectivity index is 2.38. The van der Waals surface area contributed by atoms with E-state index in [1.54, 1.807) is 0 Å². The van der Waals surface area contributed by atoms with Crippen molar-refractivity contribution in [2.75, 3.05) is 5.73 Å². The number of aromatic nitrogens is 2. The van der Waals surface area contributed by atoms with Crippen molar-refractivity contribution in [3.05, 3.63) is 41.6 Å². The van der Waals surface area contributed by atoms with E-state index < -0.39 is 5.97 Å². The summed E-state index contributed by atoms with van der Waals surface area (Å²) in [7, 11) is 0. The third kappa shape index (κ3) is 3.07. The maximum Gasteiger partial charge on any atom is 0.354 e. The summed E-state index contributed by atoms with van der Waals surface area (Å²) >= 11 is 0. The second-order valence-corrected chi connectivity index (χ2v) is 4.25. The minimum Gasteiger partial charge on any atom is -0.477 e. The Morgan fingerprint density at radius 1 is 1.26 bits per heavy atom. The predicted octanol–water partition coefficient (Wildman–Crippen LogP) is 2.38.